The van der Waals surface area contributed by atoms with Crippen LogP contribution in [-0.2, 0) is 0 Å². The highest BCUT2D eigenvalue weighted by Gasteiger charge is 2.20. The van der Waals surface area contributed by atoms with Crippen LogP contribution >= 0.6 is 0 Å². The predicted molar refractivity (Wildman–Crippen MR) is 229 cm³/mol. The number of rotatable bonds is 6. The fourth-order valence-corrected chi connectivity index (χ4v) is 7.63. The van der Waals surface area contributed by atoms with Crippen molar-refractivity contribution >= 4 is 43.7 Å². The van der Waals surface area contributed by atoms with Gasteiger partial charge in [-0.05, 0) is 53.0 Å². The topological polar surface area (TPSA) is 56.7 Å². The fourth-order valence-electron chi connectivity index (χ4n) is 7.63. The molecule has 0 aliphatic heterocycles. The Kier molecular flexibility index (Phi) is 6.10. The zero-order chi connectivity index (χ0) is 42.2. The lowest BCUT2D eigenvalue weighted by atomic mass is 9.99. The molecule has 0 unspecified atom stereocenters. The number of fused-ring (bicyclic) bond motifs is 6. The van der Waals surface area contributed by atoms with E-state index < -0.39 is 0 Å². The Hall–Kier alpha value is -7.63. The molecule has 0 saturated carbocycles. The number of hydrogen-bond donors (Lipinski definition) is 0. The summed E-state index contributed by atoms with van der Waals surface area (Å²) in [6.07, 6.45) is 0. The minimum atomic E-state index is -0.165. The highest BCUT2D eigenvalue weighted by atomic mass is 16.3. The maximum absolute atomic E-state index is 9.07. The minimum Gasteiger partial charge on any atom is -0.455 e. The molecule has 0 atom stereocenters. The van der Waals surface area contributed by atoms with Gasteiger partial charge in [0.2, 0.25) is 0 Å². The largest absolute Gasteiger partial charge is 0.455 e. The molecule has 0 radical (unpaired) electrons. The maximum Gasteiger partial charge on any atom is 0.164 e. The van der Waals surface area contributed by atoms with Crippen molar-refractivity contribution in [2.24, 2.45) is 0 Å². The van der Waals surface area contributed by atoms with Gasteiger partial charge in [0.15, 0.2) is 17.5 Å². The lowest BCUT2D eigenvalue weighted by Gasteiger charge is -2.12. The van der Waals surface area contributed by atoms with Crippen LogP contribution in [-0.4, -0.2) is 19.5 Å². The summed E-state index contributed by atoms with van der Waals surface area (Å²) in [4.78, 5) is 15.1. The molecule has 3 aromatic heterocycles. The molecule has 0 aliphatic carbocycles. The quantitative estimate of drug-likeness (QED) is 0.171. The van der Waals surface area contributed by atoms with Crippen LogP contribution in [0, 0.1) is 0 Å². The molecule has 11 aromatic rings. The number of furan rings is 1. The highest BCUT2D eigenvalue weighted by molar-refractivity contribution is 6.13. The van der Waals surface area contributed by atoms with E-state index in [4.69, 9.17) is 27.6 Å². The van der Waals surface area contributed by atoms with Crippen LogP contribution in [0.5, 0.6) is 0 Å². The normalized spacial score (nSPS) is 13.1. The molecule has 5 heteroatoms. The van der Waals surface area contributed by atoms with Crippen molar-refractivity contribution in [3.05, 3.63) is 194 Å². The first-order chi connectivity index (χ1) is 30.2. The SMILES string of the molecule is [2H]c1cc([2H])c2c(c1[2H])c1c([2H])c([2H])cc([2H])c1n2-c1cc(-c2ccccc2)c2oc3cc(-c4nc(-c5ccccc5)nc(-c5ccccc5-c5ccccc5)n4)ccc3c2c1. The molecule has 0 aliphatic rings. The molecular weight excluding hydrogens is 685 g/mol. The average Bonchev–Trinajstić information content (AvgIpc) is 3.88. The first kappa shape index (κ1) is 26.2. The van der Waals surface area contributed by atoms with Gasteiger partial charge < -0.3 is 8.98 Å². The van der Waals surface area contributed by atoms with Crippen LogP contribution < -0.4 is 0 Å². The number of aromatic nitrogens is 4. The van der Waals surface area contributed by atoms with Crippen molar-refractivity contribution in [1.82, 2.24) is 19.5 Å². The second-order valence-corrected chi connectivity index (χ2v) is 13.5. The third kappa shape index (κ3) is 5.29. The summed E-state index contributed by atoms with van der Waals surface area (Å²) in [5.74, 6) is 1.54. The Morgan fingerprint density at radius 3 is 1.62 bits per heavy atom. The van der Waals surface area contributed by atoms with Gasteiger partial charge in [-0.25, -0.2) is 15.0 Å². The second kappa shape index (κ2) is 13.0. The van der Waals surface area contributed by atoms with E-state index in [1.165, 1.54) is 12.1 Å². The van der Waals surface area contributed by atoms with Gasteiger partial charge in [0.05, 0.1) is 19.3 Å². The molecule has 8 aromatic carbocycles. The Morgan fingerprint density at radius 1 is 0.411 bits per heavy atom. The predicted octanol–water partition coefficient (Wildman–Crippen LogP) is 13.2. The Labute approximate surface area is 331 Å². The zero-order valence-electron chi connectivity index (χ0n) is 35.7. The molecule has 262 valence electrons. The Bertz CT molecular complexity index is 3520. The van der Waals surface area contributed by atoms with E-state index in [1.807, 2.05) is 127 Å². The van der Waals surface area contributed by atoms with Gasteiger partial charge >= 0.3 is 0 Å². The van der Waals surface area contributed by atoms with Gasteiger partial charge in [-0.3, -0.25) is 0 Å². The summed E-state index contributed by atoms with van der Waals surface area (Å²) in [6, 6.07) is 49.6. The van der Waals surface area contributed by atoms with Crippen LogP contribution in [0.15, 0.2) is 198 Å². The van der Waals surface area contributed by atoms with Crippen LogP contribution in [0.25, 0.3) is 106 Å². The molecule has 56 heavy (non-hydrogen) atoms. The maximum atomic E-state index is 9.07. The molecule has 3 heterocycles. The summed E-state index contributed by atoms with van der Waals surface area (Å²) in [7, 11) is 0. The molecular formula is C51H32N4O. The molecule has 5 nitrogen and oxygen atoms in total. The average molecular weight is 723 g/mol. The first-order valence-electron chi connectivity index (χ1n) is 21.3. The van der Waals surface area contributed by atoms with Gasteiger partial charge in [0, 0.05) is 49.5 Å². The van der Waals surface area contributed by atoms with Gasteiger partial charge in [-0.15, -0.1) is 0 Å². The first-order valence-corrected chi connectivity index (χ1v) is 18.3. The zero-order valence-corrected chi connectivity index (χ0v) is 29.7. The molecule has 0 N–H and O–H groups in total. The molecule has 0 bridgehead atoms. The summed E-state index contributed by atoms with van der Waals surface area (Å²) in [6.45, 7) is 0. The van der Waals surface area contributed by atoms with Gasteiger partial charge in [0.1, 0.15) is 11.2 Å². The van der Waals surface area contributed by atoms with Crippen molar-refractivity contribution in [1.29, 1.82) is 0 Å². The van der Waals surface area contributed by atoms with Crippen molar-refractivity contribution in [2.75, 3.05) is 0 Å². The number of hydrogen-bond acceptors (Lipinski definition) is 4. The smallest absolute Gasteiger partial charge is 0.164 e. The number of benzene rings is 8. The molecule has 0 saturated heterocycles. The Balaban J connectivity index is 1.16. The fraction of sp³-hybridized carbons (Fsp3) is 0. The van der Waals surface area contributed by atoms with Gasteiger partial charge in [0.25, 0.3) is 0 Å². The second-order valence-electron chi connectivity index (χ2n) is 13.5. The summed E-state index contributed by atoms with van der Waals surface area (Å²) in [5, 5.41) is 1.97. The van der Waals surface area contributed by atoms with Crippen molar-refractivity contribution in [2.45, 2.75) is 0 Å². The van der Waals surface area contributed by atoms with Crippen LogP contribution in [0.4, 0.5) is 0 Å². The third-order valence-electron chi connectivity index (χ3n) is 10.2. The molecule has 0 amide bonds. The molecule has 0 fully saturated rings. The van der Waals surface area contributed by atoms with E-state index in [0.717, 1.165) is 49.7 Å². The molecule has 0 spiro atoms. The van der Waals surface area contributed by atoms with Crippen LogP contribution in [0.2, 0.25) is 0 Å². The third-order valence-corrected chi connectivity index (χ3v) is 10.2. The standard InChI is InChI=1S/C51H32N4O/c1-4-16-33(17-5-1)38-22-10-11-25-42(38)51-53-49(35-20-8-3-9-21-35)52-50(54-51)36-28-29-41-44-32-37(31-43(34-18-6-2-7-19-34)48(44)56-47(41)30-36)55-45-26-14-12-23-39(45)40-24-13-15-27-46(40)55/h1-32H/i12D,13D,23D,24D,26D,27D. The highest BCUT2D eigenvalue weighted by Crippen LogP contribution is 2.41. The van der Waals surface area contributed by atoms with E-state index in [0.29, 0.717) is 34.3 Å². The van der Waals surface area contributed by atoms with Crippen LogP contribution in [0.1, 0.15) is 8.22 Å². The molecule has 11 rings (SSSR count). The van der Waals surface area contributed by atoms with Crippen molar-refractivity contribution < 1.29 is 12.6 Å². The summed E-state index contributed by atoms with van der Waals surface area (Å²) < 4.78 is 61.5. The monoisotopic (exact) mass is 722 g/mol. The van der Waals surface area contributed by atoms with E-state index in [9.17, 15) is 0 Å². The Morgan fingerprint density at radius 2 is 0.964 bits per heavy atom. The number of para-hydroxylation sites is 2. The van der Waals surface area contributed by atoms with Crippen molar-refractivity contribution in [3.8, 4) is 62.1 Å². The van der Waals surface area contributed by atoms with Crippen LogP contribution in [0.3, 0.4) is 0 Å². The summed E-state index contributed by atoms with van der Waals surface area (Å²) in [5.41, 5.74) is 8.46. The van der Waals surface area contributed by atoms with E-state index in [-0.39, 0.29) is 58.1 Å². The minimum absolute atomic E-state index is 0.0245. The van der Waals surface area contributed by atoms with Gasteiger partial charge in [-0.1, -0.05) is 158 Å². The van der Waals surface area contributed by atoms with E-state index in [2.05, 4.69) is 18.2 Å². The van der Waals surface area contributed by atoms with Crippen molar-refractivity contribution in [3.63, 3.8) is 0 Å². The lowest BCUT2D eigenvalue weighted by Crippen LogP contribution is -2.01. The number of nitrogens with zero attached hydrogens (tertiary/aromatic N) is 4. The lowest BCUT2D eigenvalue weighted by molar-refractivity contribution is 0.670. The summed E-state index contributed by atoms with van der Waals surface area (Å²) >= 11 is 0. The van der Waals surface area contributed by atoms with E-state index in [1.54, 1.807) is 4.57 Å². The van der Waals surface area contributed by atoms with Gasteiger partial charge in [-0.2, -0.15) is 0 Å². The van der Waals surface area contributed by atoms with E-state index >= 15 is 0 Å².